The number of para-hydroxylation sites is 2. The van der Waals surface area contributed by atoms with Crippen molar-refractivity contribution in [2.75, 3.05) is 9.80 Å². The number of carbonyl (C=O) groups is 2. The molecule has 0 spiro atoms. The van der Waals surface area contributed by atoms with Gasteiger partial charge in [0.05, 0.1) is 6.04 Å². The Morgan fingerprint density at radius 3 is 2.19 bits per heavy atom. The summed E-state index contributed by atoms with van der Waals surface area (Å²) in [6.07, 6.45) is 1.97. The molecule has 31 heavy (non-hydrogen) atoms. The summed E-state index contributed by atoms with van der Waals surface area (Å²) >= 11 is 0. The van der Waals surface area contributed by atoms with E-state index in [9.17, 15) is 9.59 Å². The minimum atomic E-state index is -0.118. The maximum Gasteiger partial charge on any atom is 0.258 e. The van der Waals surface area contributed by atoms with E-state index in [1.54, 1.807) is 0 Å². The molecule has 4 nitrogen and oxygen atoms in total. The van der Waals surface area contributed by atoms with Crippen molar-refractivity contribution in [2.24, 2.45) is 0 Å². The number of nitrogens with zero attached hydrogens (tertiary/aromatic N) is 2. The summed E-state index contributed by atoms with van der Waals surface area (Å²) in [6.45, 7) is 4.09. The lowest BCUT2D eigenvalue weighted by molar-refractivity contribution is -0.119. The van der Waals surface area contributed by atoms with E-state index in [0.29, 0.717) is 18.4 Å². The van der Waals surface area contributed by atoms with Crippen LogP contribution in [0.2, 0.25) is 0 Å². The van der Waals surface area contributed by atoms with Crippen LogP contribution in [-0.4, -0.2) is 17.9 Å². The predicted molar refractivity (Wildman–Crippen MR) is 125 cm³/mol. The Bertz CT molecular complexity index is 1050. The smallest absolute Gasteiger partial charge is 0.258 e. The normalized spacial score (nSPS) is 17.7. The highest BCUT2D eigenvalue weighted by atomic mass is 16.2. The van der Waals surface area contributed by atoms with Crippen molar-refractivity contribution in [3.63, 3.8) is 0 Å². The van der Waals surface area contributed by atoms with E-state index in [4.69, 9.17) is 0 Å². The van der Waals surface area contributed by atoms with E-state index in [0.717, 1.165) is 23.4 Å². The first kappa shape index (κ1) is 20.9. The van der Waals surface area contributed by atoms with Crippen molar-refractivity contribution in [3.8, 4) is 0 Å². The molecular formula is C27H28N2O2. The fraction of sp³-hybridized carbons (Fsp3) is 0.259. The van der Waals surface area contributed by atoms with Gasteiger partial charge in [0.2, 0.25) is 5.91 Å². The van der Waals surface area contributed by atoms with Crippen LogP contribution in [0.25, 0.3) is 0 Å². The quantitative estimate of drug-likeness (QED) is 0.516. The van der Waals surface area contributed by atoms with Crippen LogP contribution in [0.3, 0.4) is 0 Å². The van der Waals surface area contributed by atoms with E-state index in [1.807, 2.05) is 102 Å². The van der Waals surface area contributed by atoms with Gasteiger partial charge in [-0.25, -0.2) is 0 Å². The van der Waals surface area contributed by atoms with Gasteiger partial charge >= 0.3 is 0 Å². The molecular weight excluding hydrogens is 384 g/mol. The Hall–Kier alpha value is -3.40. The van der Waals surface area contributed by atoms with Crippen molar-refractivity contribution in [2.45, 2.75) is 45.2 Å². The van der Waals surface area contributed by atoms with Gasteiger partial charge in [-0.2, -0.15) is 0 Å². The van der Waals surface area contributed by atoms with Crippen LogP contribution < -0.4 is 9.80 Å². The van der Waals surface area contributed by atoms with Crippen LogP contribution in [0.15, 0.2) is 84.9 Å². The topological polar surface area (TPSA) is 40.6 Å². The second-order valence-electron chi connectivity index (χ2n) is 8.05. The maximum absolute atomic E-state index is 13.4. The molecule has 0 N–H and O–H groups in total. The summed E-state index contributed by atoms with van der Waals surface area (Å²) in [5.41, 5.74) is 3.46. The number of fused-ring (bicyclic) bond motifs is 1. The number of rotatable bonds is 5. The Morgan fingerprint density at radius 1 is 0.903 bits per heavy atom. The average Bonchev–Trinajstić information content (AvgIpc) is 2.80. The third-order valence-corrected chi connectivity index (χ3v) is 5.88. The first-order valence-electron chi connectivity index (χ1n) is 11.0. The predicted octanol–water partition coefficient (Wildman–Crippen LogP) is 6.00. The zero-order valence-electron chi connectivity index (χ0n) is 18.1. The number of hydrogen-bond donors (Lipinski definition) is 0. The van der Waals surface area contributed by atoms with Gasteiger partial charge in [0.15, 0.2) is 0 Å². The summed E-state index contributed by atoms with van der Waals surface area (Å²) in [5, 5.41) is 0. The van der Waals surface area contributed by atoms with Crippen molar-refractivity contribution >= 4 is 23.2 Å². The van der Waals surface area contributed by atoms with Gasteiger partial charge < -0.3 is 9.80 Å². The Morgan fingerprint density at radius 2 is 1.52 bits per heavy atom. The Balaban J connectivity index is 1.79. The molecule has 0 bridgehead atoms. The first-order chi connectivity index (χ1) is 15.1. The molecule has 2 unspecified atom stereocenters. The lowest BCUT2D eigenvalue weighted by Crippen LogP contribution is -2.47. The molecule has 158 valence electrons. The molecule has 0 saturated carbocycles. The summed E-state index contributed by atoms with van der Waals surface area (Å²) in [7, 11) is 0. The van der Waals surface area contributed by atoms with Crippen LogP contribution in [0.4, 0.5) is 11.4 Å². The molecule has 2 atom stereocenters. The average molecular weight is 413 g/mol. The zero-order chi connectivity index (χ0) is 21.8. The van der Waals surface area contributed by atoms with E-state index in [-0.39, 0.29) is 23.9 Å². The molecule has 3 aromatic rings. The van der Waals surface area contributed by atoms with Crippen LogP contribution in [0, 0.1) is 0 Å². The summed E-state index contributed by atoms with van der Waals surface area (Å²) in [6, 6.07) is 27.1. The van der Waals surface area contributed by atoms with Crippen LogP contribution in [-0.2, 0) is 4.79 Å². The monoisotopic (exact) mass is 412 g/mol. The SMILES string of the molecule is CCCC(=O)N(c1ccccc1)C1CC(C)N(C(=O)c2ccccc2)c2ccccc21. The molecule has 3 aromatic carbocycles. The summed E-state index contributed by atoms with van der Waals surface area (Å²) in [4.78, 5) is 30.5. The standard InChI is InChI=1S/C27H28N2O2/c1-3-12-26(30)29(22-15-8-5-9-16-22)25-19-20(2)28(24-18-11-10-17-23(24)25)27(31)21-13-6-4-7-14-21/h4-11,13-18,20,25H,3,12,19H2,1-2H3. The van der Waals surface area contributed by atoms with Gasteiger partial charge in [0.1, 0.15) is 0 Å². The third-order valence-electron chi connectivity index (χ3n) is 5.88. The third kappa shape index (κ3) is 4.11. The van der Waals surface area contributed by atoms with Crippen LogP contribution in [0.5, 0.6) is 0 Å². The lowest BCUT2D eigenvalue weighted by atomic mass is 9.89. The number of benzene rings is 3. The van der Waals surface area contributed by atoms with Gasteiger partial charge in [-0.05, 0) is 55.7 Å². The summed E-state index contributed by atoms with van der Waals surface area (Å²) in [5.74, 6) is 0.105. The first-order valence-corrected chi connectivity index (χ1v) is 11.0. The van der Waals surface area contributed by atoms with Crippen LogP contribution >= 0.6 is 0 Å². The number of anilines is 2. The van der Waals surface area contributed by atoms with Gasteiger partial charge in [-0.15, -0.1) is 0 Å². The lowest BCUT2D eigenvalue weighted by Gasteiger charge is -2.43. The van der Waals surface area contributed by atoms with Gasteiger partial charge in [0, 0.05) is 29.4 Å². The molecule has 0 aromatic heterocycles. The summed E-state index contributed by atoms with van der Waals surface area (Å²) < 4.78 is 0. The van der Waals surface area contributed by atoms with Crippen molar-refractivity contribution < 1.29 is 9.59 Å². The van der Waals surface area contributed by atoms with Crippen molar-refractivity contribution in [1.29, 1.82) is 0 Å². The van der Waals surface area contributed by atoms with E-state index in [2.05, 4.69) is 6.92 Å². The van der Waals surface area contributed by atoms with Crippen molar-refractivity contribution in [1.82, 2.24) is 0 Å². The number of amides is 2. The maximum atomic E-state index is 13.4. The van der Waals surface area contributed by atoms with Gasteiger partial charge in [-0.1, -0.05) is 61.5 Å². The molecule has 0 aliphatic carbocycles. The number of hydrogen-bond acceptors (Lipinski definition) is 2. The molecule has 0 radical (unpaired) electrons. The Labute approximate surface area is 184 Å². The molecule has 0 fully saturated rings. The largest absolute Gasteiger partial charge is 0.305 e. The second-order valence-corrected chi connectivity index (χ2v) is 8.05. The fourth-order valence-corrected chi connectivity index (χ4v) is 4.48. The minimum absolute atomic E-state index is 0.00912. The van der Waals surface area contributed by atoms with E-state index >= 15 is 0 Å². The Kier molecular flexibility index (Phi) is 6.17. The highest BCUT2D eigenvalue weighted by molar-refractivity contribution is 6.07. The number of carbonyl (C=O) groups excluding carboxylic acids is 2. The highest BCUT2D eigenvalue weighted by Gasteiger charge is 2.38. The van der Waals surface area contributed by atoms with Gasteiger partial charge in [-0.3, -0.25) is 9.59 Å². The zero-order valence-corrected chi connectivity index (χ0v) is 18.1. The second kappa shape index (κ2) is 9.17. The molecule has 0 saturated heterocycles. The molecule has 1 aliphatic rings. The molecule has 1 aliphatic heterocycles. The van der Waals surface area contributed by atoms with Crippen LogP contribution in [0.1, 0.15) is 55.1 Å². The van der Waals surface area contributed by atoms with E-state index in [1.165, 1.54) is 0 Å². The minimum Gasteiger partial charge on any atom is -0.305 e. The van der Waals surface area contributed by atoms with Crippen molar-refractivity contribution in [3.05, 3.63) is 96.1 Å². The highest BCUT2D eigenvalue weighted by Crippen LogP contribution is 2.42. The molecule has 4 heteroatoms. The fourth-order valence-electron chi connectivity index (χ4n) is 4.48. The molecule has 4 rings (SSSR count). The molecule has 1 heterocycles. The van der Waals surface area contributed by atoms with Gasteiger partial charge in [0.25, 0.3) is 5.91 Å². The molecule has 2 amide bonds. The van der Waals surface area contributed by atoms with E-state index < -0.39 is 0 Å².